The van der Waals surface area contributed by atoms with Crippen molar-refractivity contribution in [2.75, 3.05) is 13.2 Å². The Morgan fingerprint density at radius 3 is 2.38 bits per heavy atom. The van der Waals surface area contributed by atoms with Gasteiger partial charge in [-0.1, -0.05) is 0 Å². The van der Waals surface area contributed by atoms with Crippen molar-refractivity contribution in [3.05, 3.63) is 0 Å². The second-order valence-corrected chi connectivity index (χ2v) is 4.35. The summed E-state index contributed by atoms with van der Waals surface area (Å²) < 4.78 is 16.7. The Hall–Kier alpha value is -1.33. The lowest BCUT2D eigenvalue weighted by Gasteiger charge is -2.21. The van der Waals surface area contributed by atoms with Crippen molar-refractivity contribution in [1.29, 1.82) is 0 Å². The molecule has 2 N–H and O–H groups in total. The lowest BCUT2D eigenvalue weighted by atomic mass is 10.2. The van der Waals surface area contributed by atoms with Gasteiger partial charge in [0.2, 0.25) is 5.91 Å². The van der Waals surface area contributed by atoms with Crippen molar-refractivity contribution in [2.24, 2.45) is 0 Å². The monoisotopic (exact) mass is 234 g/mol. The van der Waals surface area contributed by atoms with E-state index in [1.54, 1.807) is 20.8 Å². The number of halogens is 1. The summed E-state index contributed by atoms with van der Waals surface area (Å²) in [5.41, 5.74) is -0.612. The molecule has 0 aromatic carbocycles. The predicted octanol–water partition coefficient (Wildman–Crippen LogP) is 0.985. The number of carbonyl (C=O) groups is 2. The molecule has 0 aliphatic rings. The van der Waals surface area contributed by atoms with Gasteiger partial charge >= 0.3 is 6.09 Å². The molecule has 0 heterocycles. The van der Waals surface area contributed by atoms with Crippen LogP contribution in [0.15, 0.2) is 0 Å². The molecule has 0 unspecified atom stereocenters. The summed E-state index contributed by atoms with van der Waals surface area (Å²) >= 11 is 0. The van der Waals surface area contributed by atoms with Crippen LogP contribution in [0.4, 0.5) is 9.18 Å². The van der Waals surface area contributed by atoms with Gasteiger partial charge in [-0.05, 0) is 27.7 Å². The summed E-state index contributed by atoms with van der Waals surface area (Å²) in [4.78, 5) is 22.5. The molecular formula is C10H19FN2O3. The van der Waals surface area contributed by atoms with Gasteiger partial charge in [-0.25, -0.2) is 9.18 Å². The number of nitrogens with one attached hydrogen (secondary N) is 2. The van der Waals surface area contributed by atoms with E-state index in [1.807, 2.05) is 0 Å². The fraction of sp³-hybridized carbons (Fsp3) is 0.800. The Bertz CT molecular complexity index is 251. The first-order valence-corrected chi connectivity index (χ1v) is 5.09. The number of hydrogen-bond donors (Lipinski definition) is 2. The molecule has 6 heteroatoms. The largest absolute Gasteiger partial charge is 0.444 e. The normalized spacial score (nSPS) is 12.8. The smallest absolute Gasteiger partial charge is 0.408 e. The highest BCUT2D eigenvalue weighted by Gasteiger charge is 2.20. The van der Waals surface area contributed by atoms with E-state index in [9.17, 15) is 14.0 Å². The molecule has 0 aliphatic heterocycles. The van der Waals surface area contributed by atoms with Crippen LogP contribution in [0, 0.1) is 0 Å². The molecule has 94 valence electrons. The van der Waals surface area contributed by atoms with Crippen LogP contribution < -0.4 is 10.6 Å². The highest BCUT2D eigenvalue weighted by Crippen LogP contribution is 2.06. The van der Waals surface area contributed by atoms with Gasteiger partial charge in [-0.3, -0.25) is 4.79 Å². The molecule has 0 saturated carbocycles. The Kier molecular flexibility index (Phi) is 5.77. The highest BCUT2D eigenvalue weighted by atomic mass is 19.1. The van der Waals surface area contributed by atoms with E-state index in [-0.39, 0.29) is 6.54 Å². The van der Waals surface area contributed by atoms with E-state index in [1.165, 1.54) is 6.92 Å². The van der Waals surface area contributed by atoms with E-state index in [4.69, 9.17) is 4.74 Å². The van der Waals surface area contributed by atoms with Crippen LogP contribution in [0.2, 0.25) is 0 Å². The maximum absolute atomic E-state index is 11.8. The van der Waals surface area contributed by atoms with Crippen molar-refractivity contribution in [3.8, 4) is 0 Å². The molecule has 0 radical (unpaired) electrons. The van der Waals surface area contributed by atoms with Crippen molar-refractivity contribution >= 4 is 12.0 Å². The number of hydrogen-bond acceptors (Lipinski definition) is 3. The van der Waals surface area contributed by atoms with Gasteiger partial charge in [0, 0.05) is 6.54 Å². The topological polar surface area (TPSA) is 67.4 Å². The molecule has 0 spiro atoms. The summed E-state index contributed by atoms with van der Waals surface area (Å²) in [6.45, 7) is 5.98. The zero-order chi connectivity index (χ0) is 12.8. The average Bonchev–Trinajstić information content (AvgIpc) is 2.10. The van der Waals surface area contributed by atoms with Gasteiger partial charge in [0.05, 0.1) is 0 Å². The van der Waals surface area contributed by atoms with E-state index in [0.29, 0.717) is 0 Å². The Morgan fingerprint density at radius 1 is 1.38 bits per heavy atom. The Balaban J connectivity index is 3.99. The molecular weight excluding hydrogens is 215 g/mol. The highest BCUT2D eigenvalue weighted by molar-refractivity contribution is 5.85. The van der Waals surface area contributed by atoms with Gasteiger partial charge in [-0.15, -0.1) is 0 Å². The first-order valence-electron chi connectivity index (χ1n) is 5.09. The molecule has 2 amide bonds. The van der Waals surface area contributed by atoms with Crippen LogP contribution in [0.3, 0.4) is 0 Å². The number of alkyl halides is 1. The number of rotatable bonds is 4. The molecule has 0 aromatic rings. The van der Waals surface area contributed by atoms with Crippen LogP contribution in [-0.4, -0.2) is 36.9 Å². The van der Waals surface area contributed by atoms with Crippen molar-refractivity contribution in [1.82, 2.24) is 10.6 Å². The molecule has 0 rings (SSSR count). The van der Waals surface area contributed by atoms with Crippen LogP contribution in [0.5, 0.6) is 0 Å². The van der Waals surface area contributed by atoms with E-state index in [0.717, 1.165) is 0 Å². The van der Waals surface area contributed by atoms with Crippen molar-refractivity contribution in [2.45, 2.75) is 39.3 Å². The van der Waals surface area contributed by atoms with Crippen molar-refractivity contribution < 1.29 is 18.7 Å². The van der Waals surface area contributed by atoms with E-state index >= 15 is 0 Å². The fourth-order valence-corrected chi connectivity index (χ4v) is 0.873. The number of alkyl carbamates (subject to hydrolysis) is 1. The van der Waals surface area contributed by atoms with Crippen LogP contribution in [0.25, 0.3) is 0 Å². The zero-order valence-corrected chi connectivity index (χ0v) is 10.1. The summed E-state index contributed by atoms with van der Waals surface area (Å²) in [6.07, 6.45) is -0.671. The first-order chi connectivity index (χ1) is 7.26. The molecule has 0 saturated heterocycles. The third-order valence-electron chi connectivity index (χ3n) is 1.52. The molecule has 16 heavy (non-hydrogen) atoms. The van der Waals surface area contributed by atoms with Crippen LogP contribution in [-0.2, 0) is 9.53 Å². The quantitative estimate of drug-likeness (QED) is 0.762. The Morgan fingerprint density at radius 2 is 1.94 bits per heavy atom. The summed E-state index contributed by atoms with van der Waals surface area (Å²) in [5, 5.41) is 4.67. The summed E-state index contributed by atoms with van der Waals surface area (Å²) in [5.74, 6) is -0.441. The predicted molar refractivity (Wildman–Crippen MR) is 57.8 cm³/mol. The second-order valence-electron chi connectivity index (χ2n) is 4.35. The number of ether oxygens (including phenoxy) is 1. The minimum atomic E-state index is -0.749. The average molecular weight is 234 g/mol. The third kappa shape index (κ3) is 7.03. The molecule has 1 atom stereocenters. The zero-order valence-electron chi connectivity index (χ0n) is 10.1. The third-order valence-corrected chi connectivity index (χ3v) is 1.52. The molecule has 0 bridgehead atoms. The SMILES string of the molecule is C[C@@H](NC(=O)OC(C)(C)C)C(=O)NCCF. The minimum Gasteiger partial charge on any atom is -0.444 e. The van der Waals surface area contributed by atoms with Crippen LogP contribution in [0.1, 0.15) is 27.7 Å². The maximum atomic E-state index is 11.8. The molecule has 5 nitrogen and oxygen atoms in total. The molecule has 0 aromatic heterocycles. The molecule has 0 fully saturated rings. The maximum Gasteiger partial charge on any atom is 0.408 e. The lowest BCUT2D eigenvalue weighted by molar-refractivity contribution is -0.122. The number of amides is 2. The van der Waals surface area contributed by atoms with Gasteiger partial charge in [-0.2, -0.15) is 0 Å². The standard InChI is InChI=1S/C10H19FN2O3/c1-7(8(14)12-6-5-11)13-9(15)16-10(2,3)4/h7H,5-6H2,1-4H3,(H,12,14)(H,13,15)/t7-/m1/s1. The fourth-order valence-electron chi connectivity index (χ4n) is 0.873. The lowest BCUT2D eigenvalue weighted by Crippen LogP contribution is -2.46. The summed E-state index contributed by atoms with van der Waals surface area (Å²) in [6, 6.07) is -0.749. The van der Waals surface area contributed by atoms with Crippen LogP contribution >= 0.6 is 0 Å². The van der Waals surface area contributed by atoms with Gasteiger partial charge in [0.15, 0.2) is 0 Å². The second kappa shape index (κ2) is 6.30. The van der Waals surface area contributed by atoms with Gasteiger partial charge in [0.1, 0.15) is 18.3 Å². The van der Waals surface area contributed by atoms with E-state index < -0.39 is 30.3 Å². The first kappa shape index (κ1) is 14.7. The Labute approximate surface area is 94.7 Å². The van der Waals surface area contributed by atoms with E-state index in [2.05, 4.69) is 10.6 Å². The van der Waals surface area contributed by atoms with Gasteiger partial charge in [0.25, 0.3) is 0 Å². The number of carbonyl (C=O) groups excluding carboxylic acids is 2. The summed E-state index contributed by atoms with van der Waals surface area (Å²) in [7, 11) is 0. The van der Waals surface area contributed by atoms with Gasteiger partial charge < -0.3 is 15.4 Å². The minimum absolute atomic E-state index is 0.0564. The molecule has 0 aliphatic carbocycles. The van der Waals surface area contributed by atoms with Crippen molar-refractivity contribution in [3.63, 3.8) is 0 Å².